The van der Waals surface area contributed by atoms with Crippen LogP contribution in [0.25, 0.3) is 0 Å². The maximum Gasteiger partial charge on any atom is 0.416 e. The first kappa shape index (κ1) is 27.6. The second-order valence-electron chi connectivity index (χ2n) is 8.52. The summed E-state index contributed by atoms with van der Waals surface area (Å²) in [5.41, 5.74) is 1.59. The summed E-state index contributed by atoms with van der Waals surface area (Å²) in [5, 5.41) is 8.98. The highest BCUT2D eigenvalue weighted by atomic mass is 19.4. The minimum absolute atomic E-state index is 0.108. The van der Waals surface area contributed by atoms with Gasteiger partial charge >= 0.3 is 12.1 Å². The number of carboxylic acids is 1. The van der Waals surface area contributed by atoms with Crippen molar-refractivity contribution >= 4 is 11.9 Å². The van der Waals surface area contributed by atoms with Gasteiger partial charge in [0, 0.05) is 24.7 Å². The zero-order valence-electron chi connectivity index (χ0n) is 20.5. The van der Waals surface area contributed by atoms with Gasteiger partial charge in [-0.25, -0.2) is 0 Å². The van der Waals surface area contributed by atoms with E-state index in [2.05, 4.69) is 0 Å². The molecule has 1 N–H and O–H groups in total. The SMILES string of the molecule is COc1cc(OC)cc(C(=O)N(CCCc2cccc(C(F)(F)F)c2)Cc2ccc(CC(=O)O)cc2)c1. The average Bonchev–Trinajstić information content (AvgIpc) is 2.87. The lowest BCUT2D eigenvalue weighted by molar-refractivity contribution is -0.138. The van der Waals surface area contributed by atoms with Gasteiger partial charge in [0.1, 0.15) is 11.5 Å². The molecule has 0 radical (unpaired) electrons. The number of hydrogen-bond donors (Lipinski definition) is 1. The lowest BCUT2D eigenvalue weighted by Crippen LogP contribution is -2.32. The molecule has 0 saturated heterocycles. The zero-order chi connectivity index (χ0) is 27.0. The molecule has 3 aromatic carbocycles. The van der Waals surface area contributed by atoms with Gasteiger partial charge in [-0.1, -0.05) is 42.5 Å². The number of aryl methyl sites for hydroxylation is 1. The van der Waals surface area contributed by atoms with Crippen LogP contribution in [0.15, 0.2) is 66.7 Å². The minimum Gasteiger partial charge on any atom is -0.497 e. The maximum atomic E-state index is 13.5. The number of halogens is 3. The van der Waals surface area contributed by atoms with Gasteiger partial charge in [0.25, 0.3) is 5.91 Å². The maximum absolute atomic E-state index is 13.5. The van der Waals surface area contributed by atoms with E-state index in [1.807, 2.05) is 0 Å². The second-order valence-corrected chi connectivity index (χ2v) is 8.52. The summed E-state index contributed by atoms with van der Waals surface area (Å²) in [5.74, 6) is -0.337. The quantitative estimate of drug-likeness (QED) is 0.359. The first-order valence-corrected chi connectivity index (χ1v) is 11.6. The third kappa shape index (κ3) is 7.99. The molecule has 37 heavy (non-hydrogen) atoms. The summed E-state index contributed by atoms with van der Waals surface area (Å²) in [6.07, 6.45) is -3.74. The van der Waals surface area contributed by atoms with Crippen LogP contribution < -0.4 is 9.47 Å². The highest BCUT2D eigenvalue weighted by Crippen LogP contribution is 2.30. The molecule has 1 amide bonds. The predicted octanol–water partition coefficient (Wildman–Crippen LogP) is 5.62. The number of rotatable bonds is 11. The number of carboxylic acid groups (broad SMARTS) is 1. The van der Waals surface area contributed by atoms with Crippen molar-refractivity contribution in [3.8, 4) is 11.5 Å². The van der Waals surface area contributed by atoms with Crippen LogP contribution in [0.1, 0.15) is 39.0 Å². The Hall–Kier alpha value is -4.01. The van der Waals surface area contributed by atoms with Crippen molar-refractivity contribution in [1.82, 2.24) is 4.90 Å². The Labute approximate surface area is 213 Å². The summed E-state index contributed by atoms with van der Waals surface area (Å²) in [6.45, 7) is 0.514. The first-order valence-electron chi connectivity index (χ1n) is 11.6. The molecular weight excluding hydrogens is 487 g/mol. The van der Waals surface area contributed by atoms with Gasteiger partial charge in [0.2, 0.25) is 0 Å². The molecule has 6 nitrogen and oxygen atoms in total. The molecule has 0 atom stereocenters. The van der Waals surface area contributed by atoms with Crippen LogP contribution in [-0.2, 0) is 30.4 Å². The molecule has 0 spiro atoms. The molecule has 0 aliphatic heterocycles. The van der Waals surface area contributed by atoms with Gasteiger partial charge in [-0.3, -0.25) is 9.59 Å². The lowest BCUT2D eigenvalue weighted by atomic mass is 10.0. The van der Waals surface area contributed by atoms with E-state index >= 15 is 0 Å². The fourth-order valence-electron chi connectivity index (χ4n) is 3.90. The summed E-state index contributed by atoms with van der Waals surface area (Å²) >= 11 is 0. The number of ether oxygens (including phenoxy) is 2. The molecule has 3 aromatic rings. The number of methoxy groups -OCH3 is 2. The van der Waals surface area contributed by atoms with E-state index in [0.29, 0.717) is 41.0 Å². The van der Waals surface area contributed by atoms with Gasteiger partial charge in [-0.2, -0.15) is 13.2 Å². The van der Waals surface area contributed by atoms with Crippen LogP contribution in [0.3, 0.4) is 0 Å². The van der Waals surface area contributed by atoms with Crippen LogP contribution in [0.4, 0.5) is 13.2 Å². The fourth-order valence-corrected chi connectivity index (χ4v) is 3.90. The van der Waals surface area contributed by atoms with Crippen LogP contribution in [-0.4, -0.2) is 42.6 Å². The van der Waals surface area contributed by atoms with Crippen LogP contribution in [0, 0.1) is 0 Å². The summed E-state index contributed by atoms with van der Waals surface area (Å²) in [7, 11) is 2.96. The van der Waals surface area contributed by atoms with Crippen molar-refractivity contribution in [2.75, 3.05) is 20.8 Å². The normalized spacial score (nSPS) is 11.2. The van der Waals surface area contributed by atoms with E-state index < -0.39 is 17.7 Å². The standard InChI is InChI=1S/C28H28F3NO5/c1-36-24-15-22(16-25(17-24)37-2)27(35)32(18-21-10-8-20(9-11-21)14-26(33)34)12-4-6-19-5-3-7-23(13-19)28(29,30)31/h3,5,7-11,13,15-17H,4,6,12,14,18H2,1-2H3,(H,33,34). The van der Waals surface area contributed by atoms with E-state index in [0.717, 1.165) is 17.7 Å². The van der Waals surface area contributed by atoms with Crippen molar-refractivity contribution in [3.63, 3.8) is 0 Å². The molecule has 0 aliphatic carbocycles. The van der Waals surface area contributed by atoms with E-state index in [9.17, 15) is 22.8 Å². The third-order valence-corrected chi connectivity index (χ3v) is 5.79. The molecule has 3 rings (SSSR count). The van der Waals surface area contributed by atoms with Gasteiger partial charge in [-0.05, 0) is 47.7 Å². The Kier molecular flexibility index (Phi) is 9.16. The fraction of sp³-hybridized carbons (Fsp3) is 0.286. The van der Waals surface area contributed by atoms with E-state index in [1.54, 1.807) is 53.4 Å². The van der Waals surface area contributed by atoms with Gasteiger partial charge in [-0.15, -0.1) is 0 Å². The number of carbonyl (C=O) groups is 2. The number of alkyl halides is 3. The Balaban J connectivity index is 1.81. The van der Waals surface area contributed by atoms with Crippen LogP contribution in [0.2, 0.25) is 0 Å². The largest absolute Gasteiger partial charge is 0.497 e. The van der Waals surface area contributed by atoms with Crippen molar-refractivity contribution in [2.24, 2.45) is 0 Å². The minimum atomic E-state index is -4.42. The van der Waals surface area contributed by atoms with Crippen LogP contribution in [0.5, 0.6) is 11.5 Å². The molecule has 9 heteroatoms. The topological polar surface area (TPSA) is 76.1 Å². The molecule has 0 fully saturated rings. The molecule has 0 aliphatic rings. The second kappa shape index (κ2) is 12.3. The van der Waals surface area contributed by atoms with Crippen molar-refractivity contribution in [2.45, 2.75) is 32.0 Å². The predicted molar refractivity (Wildman–Crippen MR) is 132 cm³/mol. The highest BCUT2D eigenvalue weighted by molar-refractivity contribution is 5.95. The van der Waals surface area contributed by atoms with Crippen LogP contribution >= 0.6 is 0 Å². The van der Waals surface area contributed by atoms with E-state index in [-0.39, 0.29) is 25.4 Å². The Morgan fingerprint density at radius 1 is 0.865 bits per heavy atom. The number of carbonyl (C=O) groups excluding carboxylic acids is 1. The molecule has 196 valence electrons. The number of nitrogens with zero attached hydrogens (tertiary/aromatic N) is 1. The Bertz CT molecular complexity index is 1200. The third-order valence-electron chi connectivity index (χ3n) is 5.79. The molecule has 0 saturated carbocycles. The van der Waals surface area contributed by atoms with Gasteiger partial charge in [0.05, 0.1) is 26.2 Å². The molecule has 0 bridgehead atoms. The summed E-state index contributed by atoms with van der Waals surface area (Å²) in [4.78, 5) is 26.1. The lowest BCUT2D eigenvalue weighted by Gasteiger charge is -2.24. The smallest absolute Gasteiger partial charge is 0.416 e. The summed E-state index contributed by atoms with van der Waals surface area (Å²) < 4.78 is 49.8. The monoisotopic (exact) mass is 515 g/mol. The molecule has 0 heterocycles. The average molecular weight is 516 g/mol. The number of benzene rings is 3. The Morgan fingerprint density at radius 2 is 1.49 bits per heavy atom. The molecule has 0 aromatic heterocycles. The van der Waals surface area contributed by atoms with Gasteiger partial charge < -0.3 is 19.5 Å². The van der Waals surface area contributed by atoms with Crippen molar-refractivity contribution in [1.29, 1.82) is 0 Å². The van der Waals surface area contributed by atoms with Crippen molar-refractivity contribution in [3.05, 3.63) is 94.5 Å². The number of aliphatic carboxylic acids is 1. The highest BCUT2D eigenvalue weighted by Gasteiger charge is 2.30. The van der Waals surface area contributed by atoms with Gasteiger partial charge in [0.15, 0.2) is 0 Å². The number of hydrogen-bond acceptors (Lipinski definition) is 4. The first-order chi connectivity index (χ1) is 17.6. The summed E-state index contributed by atoms with van der Waals surface area (Å²) in [6, 6.07) is 16.9. The zero-order valence-corrected chi connectivity index (χ0v) is 20.5. The molecule has 0 unspecified atom stereocenters. The number of amides is 1. The van der Waals surface area contributed by atoms with E-state index in [1.165, 1.54) is 20.3 Å². The van der Waals surface area contributed by atoms with Crippen molar-refractivity contribution < 1.29 is 37.3 Å². The molecular formula is C28H28F3NO5. The van der Waals surface area contributed by atoms with E-state index in [4.69, 9.17) is 14.6 Å². The Morgan fingerprint density at radius 3 is 2.05 bits per heavy atom.